The Kier molecular flexibility index (Phi) is 6.14. The van der Waals surface area contributed by atoms with E-state index in [2.05, 4.69) is 24.1 Å². The van der Waals surface area contributed by atoms with Crippen LogP contribution in [-0.4, -0.2) is 50.1 Å². The van der Waals surface area contributed by atoms with Gasteiger partial charge in [0.25, 0.3) is 5.91 Å². The van der Waals surface area contributed by atoms with Crippen LogP contribution in [0.4, 0.5) is 4.39 Å². The number of pyridine rings is 1. The number of piperazine rings is 1. The van der Waals surface area contributed by atoms with E-state index in [4.69, 9.17) is 16.7 Å². The van der Waals surface area contributed by atoms with Gasteiger partial charge in [-0.25, -0.2) is 9.37 Å². The summed E-state index contributed by atoms with van der Waals surface area (Å²) in [6.07, 6.45) is 0.681. The summed E-state index contributed by atoms with van der Waals surface area (Å²) in [4.78, 5) is 31.9. The van der Waals surface area contributed by atoms with Crippen molar-refractivity contribution in [3.63, 3.8) is 0 Å². The van der Waals surface area contributed by atoms with E-state index < -0.39 is 11.4 Å². The monoisotopic (exact) mass is 471 g/mol. The molecule has 1 fully saturated rings. The first-order valence-corrected chi connectivity index (χ1v) is 11.4. The van der Waals surface area contributed by atoms with Crippen LogP contribution < -0.4 is 5.32 Å². The average molecular weight is 472 g/mol. The lowest BCUT2D eigenvalue weighted by Gasteiger charge is -2.40. The van der Waals surface area contributed by atoms with Crippen LogP contribution in [0.15, 0.2) is 30.3 Å². The van der Waals surface area contributed by atoms with Crippen LogP contribution in [-0.2, 0) is 17.8 Å². The second-order valence-corrected chi connectivity index (χ2v) is 9.69. The third-order valence-corrected chi connectivity index (χ3v) is 6.21. The van der Waals surface area contributed by atoms with Crippen molar-refractivity contribution in [2.45, 2.75) is 46.2 Å². The van der Waals surface area contributed by atoms with E-state index in [9.17, 15) is 14.0 Å². The van der Waals surface area contributed by atoms with Gasteiger partial charge in [0, 0.05) is 13.1 Å². The Labute approximate surface area is 196 Å². The molecule has 0 atom stereocenters. The fourth-order valence-electron chi connectivity index (χ4n) is 4.09. The number of nitrogens with one attached hydrogen (secondary N) is 1. The molecular weight excluding hydrogens is 445 g/mol. The third kappa shape index (κ3) is 4.44. The molecule has 0 unspecified atom stereocenters. The zero-order valence-electron chi connectivity index (χ0n) is 19.2. The third-order valence-electron chi connectivity index (χ3n) is 5.90. The molecule has 33 heavy (non-hydrogen) atoms. The number of aromatic nitrogens is 3. The minimum Gasteiger partial charge on any atom is -0.352 e. The molecule has 2 aromatic heterocycles. The van der Waals surface area contributed by atoms with Crippen LogP contribution in [0.3, 0.4) is 0 Å². The summed E-state index contributed by atoms with van der Waals surface area (Å²) < 4.78 is 15.7. The van der Waals surface area contributed by atoms with E-state index in [1.807, 2.05) is 6.07 Å². The standard InChI is InChI=1S/C24H27ClFN5O2/c1-14(2)11-19-21-20(31(29-19)13-15-5-6-16(25)17(26)12-15)8-7-18(28-21)22(32)30-10-9-27-23(33)24(30,3)4/h5-8,12,14H,9-11,13H2,1-4H3,(H,27,33). The Hall–Kier alpha value is -3.00. The van der Waals surface area contributed by atoms with E-state index in [1.54, 1.807) is 35.6 Å². The molecule has 2 amide bonds. The lowest BCUT2D eigenvalue weighted by atomic mass is 9.98. The lowest BCUT2D eigenvalue weighted by Crippen LogP contribution is -2.63. The van der Waals surface area contributed by atoms with Crippen LogP contribution in [0.1, 0.15) is 49.4 Å². The van der Waals surface area contributed by atoms with Gasteiger partial charge in [0.1, 0.15) is 22.6 Å². The molecule has 1 saturated heterocycles. The SMILES string of the molecule is CC(C)Cc1nn(Cc2ccc(Cl)c(F)c2)c2ccc(C(=O)N3CCNC(=O)C3(C)C)nc12. The van der Waals surface area contributed by atoms with E-state index in [0.29, 0.717) is 37.5 Å². The predicted octanol–water partition coefficient (Wildman–Crippen LogP) is 3.82. The van der Waals surface area contributed by atoms with E-state index in [-0.39, 0.29) is 22.5 Å². The van der Waals surface area contributed by atoms with Gasteiger partial charge in [0.2, 0.25) is 5.91 Å². The summed E-state index contributed by atoms with van der Waals surface area (Å²) in [6, 6.07) is 8.16. The number of amides is 2. The molecule has 9 heteroatoms. The highest BCUT2D eigenvalue weighted by Crippen LogP contribution is 2.25. The maximum atomic E-state index is 13.9. The normalized spacial score (nSPS) is 15.8. The fraction of sp³-hybridized carbons (Fsp3) is 0.417. The van der Waals surface area contributed by atoms with Crippen molar-refractivity contribution in [1.29, 1.82) is 0 Å². The number of nitrogens with zero attached hydrogens (tertiary/aromatic N) is 4. The van der Waals surface area contributed by atoms with Gasteiger partial charge in [0.05, 0.1) is 22.8 Å². The number of hydrogen-bond acceptors (Lipinski definition) is 4. The molecule has 0 bridgehead atoms. The second kappa shape index (κ2) is 8.74. The lowest BCUT2D eigenvalue weighted by molar-refractivity contribution is -0.133. The Morgan fingerprint density at radius 3 is 2.73 bits per heavy atom. The molecular formula is C24H27ClFN5O2. The number of hydrogen-bond donors (Lipinski definition) is 1. The Bertz CT molecular complexity index is 1240. The molecule has 1 N–H and O–H groups in total. The topological polar surface area (TPSA) is 80.1 Å². The first-order valence-electron chi connectivity index (χ1n) is 11.0. The summed E-state index contributed by atoms with van der Waals surface area (Å²) in [5, 5.41) is 7.61. The van der Waals surface area contributed by atoms with E-state index in [0.717, 1.165) is 16.8 Å². The van der Waals surface area contributed by atoms with Gasteiger partial charge in [0.15, 0.2) is 0 Å². The quantitative estimate of drug-likeness (QED) is 0.613. The molecule has 1 aliphatic rings. The van der Waals surface area contributed by atoms with E-state index >= 15 is 0 Å². The molecule has 3 heterocycles. The van der Waals surface area contributed by atoms with Crippen molar-refractivity contribution < 1.29 is 14.0 Å². The number of carbonyl (C=O) groups excluding carboxylic acids is 2. The van der Waals surface area contributed by atoms with Gasteiger partial charge in [-0.2, -0.15) is 5.10 Å². The first-order chi connectivity index (χ1) is 15.6. The average Bonchev–Trinajstić information content (AvgIpc) is 3.08. The summed E-state index contributed by atoms with van der Waals surface area (Å²) in [7, 11) is 0. The van der Waals surface area contributed by atoms with Gasteiger partial charge in [-0.1, -0.05) is 31.5 Å². The second-order valence-electron chi connectivity index (χ2n) is 9.29. The zero-order valence-corrected chi connectivity index (χ0v) is 19.9. The van der Waals surface area contributed by atoms with Crippen LogP contribution in [0, 0.1) is 11.7 Å². The van der Waals surface area contributed by atoms with Crippen LogP contribution in [0.25, 0.3) is 11.0 Å². The van der Waals surface area contributed by atoms with Gasteiger partial charge < -0.3 is 10.2 Å². The highest BCUT2D eigenvalue weighted by atomic mass is 35.5. The summed E-state index contributed by atoms with van der Waals surface area (Å²) >= 11 is 5.81. The number of halogens is 2. The summed E-state index contributed by atoms with van der Waals surface area (Å²) in [6.45, 7) is 8.79. The minimum absolute atomic E-state index is 0.0729. The molecule has 0 aliphatic carbocycles. The van der Waals surface area contributed by atoms with Crippen molar-refractivity contribution in [2.75, 3.05) is 13.1 Å². The molecule has 0 radical (unpaired) electrons. The Morgan fingerprint density at radius 1 is 1.27 bits per heavy atom. The maximum absolute atomic E-state index is 13.9. The molecule has 3 aromatic rings. The van der Waals surface area contributed by atoms with Gasteiger partial charge in [-0.05, 0) is 56.0 Å². The number of rotatable bonds is 5. The summed E-state index contributed by atoms with van der Waals surface area (Å²) in [5.74, 6) is -0.630. The van der Waals surface area contributed by atoms with Crippen molar-refractivity contribution in [3.05, 3.63) is 58.1 Å². The van der Waals surface area contributed by atoms with Gasteiger partial charge in [-0.3, -0.25) is 14.3 Å². The number of fused-ring (bicyclic) bond motifs is 1. The Morgan fingerprint density at radius 2 is 2.03 bits per heavy atom. The molecule has 0 saturated carbocycles. The predicted molar refractivity (Wildman–Crippen MR) is 125 cm³/mol. The van der Waals surface area contributed by atoms with Crippen LogP contribution in [0.5, 0.6) is 0 Å². The van der Waals surface area contributed by atoms with E-state index in [1.165, 1.54) is 12.1 Å². The van der Waals surface area contributed by atoms with Crippen LogP contribution in [0.2, 0.25) is 5.02 Å². The first kappa shape index (κ1) is 23.2. The summed E-state index contributed by atoms with van der Waals surface area (Å²) in [5.41, 5.74) is 2.21. The van der Waals surface area contributed by atoms with Crippen molar-refractivity contribution in [3.8, 4) is 0 Å². The smallest absolute Gasteiger partial charge is 0.273 e. The fourth-order valence-corrected chi connectivity index (χ4v) is 4.20. The minimum atomic E-state index is -0.963. The molecule has 4 rings (SSSR count). The van der Waals surface area contributed by atoms with Crippen molar-refractivity contribution in [2.24, 2.45) is 5.92 Å². The number of benzene rings is 1. The highest BCUT2D eigenvalue weighted by molar-refractivity contribution is 6.30. The molecule has 7 nitrogen and oxygen atoms in total. The molecule has 1 aliphatic heterocycles. The zero-order chi connectivity index (χ0) is 23.9. The van der Waals surface area contributed by atoms with Gasteiger partial charge in [-0.15, -0.1) is 0 Å². The molecule has 0 spiro atoms. The van der Waals surface area contributed by atoms with Crippen LogP contribution >= 0.6 is 11.6 Å². The maximum Gasteiger partial charge on any atom is 0.273 e. The largest absolute Gasteiger partial charge is 0.352 e. The number of carbonyl (C=O) groups is 2. The molecule has 174 valence electrons. The highest BCUT2D eigenvalue weighted by Gasteiger charge is 2.41. The van der Waals surface area contributed by atoms with Crippen molar-refractivity contribution in [1.82, 2.24) is 25.0 Å². The molecule has 1 aromatic carbocycles. The van der Waals surface area contributed by atoms with Crippen molar-refractivity contribution >= 4 is 34.4 Å². The van der Waals surface area contributed by atoms with Gasteiger partial charge >= 0.3 is 0 Å². The Balaban J connectivity index is 1.73.